The maximum atomic E-state index is 12.4. The Bertz CT molecular complexity index is 670. The molecule has 102 valence electrons. The van der Waals surface area contributed by atoms with E-state index in [2.05, 4.69) is 0 Å². The number of carbonyl (C=O) groups excluding carboxylic acids is 1. The Morgan fingerprint density at radius 3 is 2.70 bits per heavy atom. The topological polar surface area (TPSA) is 64.8 Å². The molecule has 5 nitrogen and oxygen atoms in total. The van der Waals surface area contributed by atoms with Crippen LogP contribution in [0, 0.1) is 0 Å². The summed E-state index contributed by atoms with van der Waals surface area (Å²) >= 11 is 0. The summed E-state index contributed by atoms with van der Waals surface area (Å²) in [7, 11) is 1.70. The van der Waals surface area contributed by atoms with Gasteiger partial charge in [0, 0.05) is 24.5 Å². The first-order valence-corrected chi connectivity index (χ1v) is 6.19. The van der Waals surface area contributed by atoms with Crippen molar-refractivity contribution in [1.82, 2.24) is 0 Å². The number of rotatable bonds is 2. The smallest absolute Gasteiger partial charge is 0.260 e. The molecule has 2 aromatic carbocycles. The van der Waals surface area contributed by atoms with E-state index in [-0.39, 0.29) is 12.7 Å². The summed E-state index contributed by atoms with van der Waals surface area (Å²) in [5, 5.41) is 0. The second kappa shape index (κ2) is 4.77. The highest BCUT2D eigenvalue weighted by molar-refractivity contribution is 6.09. The molecule has 3 rings (SSSR count). The van der Waals surface area contributed by atoms with Gasteiger partial charge in [0.05, 0.1) is 5.56 Å². The van der Waals surface area contributed by atoms with Crippen molar-refractivity contribution < 1.29 is 14.3 Å². The Morgan fingerprint density at radius 1 is 1.15 bits per heavy atom. The molecule has 0 aliphatic carbocycles. The summed E-state index contributed by atoms with van der Waals surface area (Å²) in [6.07, 6.45) is 0. The van der Waals surface area contributed by atoms with Crippen molar-refractivity contribution in [2.75, 3.05) is 24.5 Å². The molecule has 1 heterocycles. The molecule has 1 amide bonds. The molecule has 0 fully saturated rings. The van der Waals surface area contributed by atoms with Gasteiger partial charge in [-0.05, 0) is 24.3 Å². The number of nitrogens with zero attached hydrogens (tertiary/aromatic N) is 1. The summed E-state index contributed by atoms with van der Waals surface area (Å²) in [5.41, 5.74) is 7.50. The first-order valence-electron chi connectivity index (χ1n) is 6.19. The Kier molecular flexibility index (Phi) is 2.95. The third-order valence-electron chi connectivity index (χ3n) is 3.24. The molecule has 1 aliphatic heterocycles. The van der Waals surface area contributed by atoms with Crippen molar-refractivity contribution in [3.63, 3.8) is 0 Å². The Hall–Kier alpha value is -2.69. The van der Waals surface area contributed by atoms with Gasteiger partial charge in [-0.25, -0.2) is 0 Å². The van der Waals surface area contributed by atoms with Gasteiger partial charge in [0.1, 0.15) is 0 Å². The van der Waals surface area contributed by atoms with E-state index in [0.29, 0.717) is 22.7 Å². The van der Waals surface area contributed by atoms with Gasteiger partial charge < -0.3 is 20.1 Å². The third kappa shape index (κ3) is 2.03. The quantitative estimate of drug-likeness (QED) is 0.850. The van der Waals surface area contributed by atoms with E-state index in [1.165, 1.54) is 4.90 Å². The number of nitrogens with two attached hydrogens (primary N) is 1. The lowest BCUT2D eigenvalue weighted by Crippen LogP contribution is -2.26. The maximum Gasteiger partial charge on any atom is 0.260 e. The van der Waals surface area contributed by atoms with Gasteiger partial charge in [0.25, 0.3) is 5.91 Å². The van der Waals surface area contributed by atoms with Gasteiger partial charge in [-0.1, -0.05) is 12.1 Å². The summed E-state index contributed by atoms with van der Waals surface area (Å²) in [6.45, 7) is 0.210. The number of ether oxygens (including phenoxy) is 2. The minimum Gasteiger partial charge on any atom is -0.454 e. The molecular formula is C15H14N2O3. The predicted molar refractivity (Wildman–Crippen MR) is 76.2 cm³/mol. The molecule has 1 aliphatic rings. The highest BCUT2D eigenvalue weighted by Gasteiger charge is 2.19. The molecule has 0 unspecified atom stereocenters. The van der Waals surface area contributed by atoms with E-state index < -0.39 is 0 Å². The van der Waals surface area contributed by atoms with Crippen LogP contribution in [0.2, 0.25) is 0 Å². The average Bonchev–Trinajstić information content (AvgIpc) is 2.93. The molecule has 0 spiro atoms. The molecule has 5 heteroatoms. The van der Waals surface area contributed by atoms with Gasteiger partial charge in [-0.15, -0.1) is 0 Å². The fourth-order valence-corrected chi connectivity index (χ4v) is 2.08. The van der Waals surface area contributed by atoms with Crippen LogP contribution >= 0.6 is 0 Å². The van der Waals surface area contributed by atoms with Crippen molar-refractivity contribution in [2.24, 2.45) is 0 Å². The third-order valence-corrected chi connectivity index (χ3v) is 3.24. The van der Waals surface area contributed by atoms with Crippen LogP contribution < -0.4 is 20.1 Å². The number of amides is 1. The fraction of sp³-hybridized carbons (Fsp3) is 0.133. The normalized spacial score (nSPS) is 12.2. The lowest BCUT2D eigenvalue weighted by Gasteiger charge is -2.18. The number of anilines is 2. The van der Waals surface area contributed by atoms with Crippen molar-refractivity contribution in [3.05, 3.63) is 48.0 Å². The maximum absolute atomic E-state index is 12.4. The first kappa shape index (κ1) is 12.3. The van der Waals surface area contributed by atoms with Gasteiger partial charge in [-0.2, -0.15) is 0 Å². The second-order valence-corrected chi connectivity index (χ2v) is 4.49. The van der Waals surface area contributed by atoms with E-state index >= 15 is 0 Å². The number of fused-ring (bicyclic) bond motifs is 1. The highest BCUT2D eigenvalue weighted by atomic mass is 16.7. The fourth-order valence-electron chi connectivity index (χ4n) is 2.08. The van der Waals surface area contributed by atoms with Crippen LogP contribution in [0.15, 0.2) is 42.5 Å². The van der Waals surface area contributed by atoms with E-state index in [0.717, 1.165) is 5.69 Å². The van der Waals surface area contributed by atoms with Crippen LogP contribution in [0.5, 0.6) is 11.5 Å². The number of nitrogen functional groups attached to an aromatic ring is 1. The van der Waals surface area contributed by atoms with Gasteiger partial charge >= 0.3 is 0 Å². The molecule has 0 atom stereocenters. The van der Waals surface area contributed by atoms with Crippen LogP contribution in [-0.4, -0.2) is 19.7 Å². The average molecular weight is 270 g/mol. The minimum atomic E-state index is -0.165. The van der Waals surface area contributed by atoms with Crippen molar-refractivity contribution in [3.8, 4) is 11.5 Å². The van der Waals surface area contributed by atoms with Crippen molar-refractivity contribution >= 4 is 17.3 Å². The highest BCUT2D eigenvalue weighted by Crippen LogP contribution is 2.35. The molecule has 20 heavy (non-hydrogen) atoms. The molecule has 0 aromatic heterocycles. The summed E-state index contributed by atoms with van der Waals surface area (Å²) in [5.74, 6) is 1.17. The Labute approximate surface area is 116 Å². The second-order valence-electron chi connectivity index (χ2n) is 4.49. The lowest BCUT2D eigenvalue weighted by molar-refractivity contribution is 0.0994. The zero-order chi connectivity index (χ0) is 14.1. The summed E-state index contributed by atoms with van der Waals surface area (Å²) in [6, 6.07) is 12.4. The Balaban J connectivity index is 1.91. The number of hydrogen-bond acceptors (Lipinski definition) is 4. The van der Waals surface area contributed by atoms with Crippen LogP contribution in [-0.2, 0) is 0 Å². The predicted octanol–water partition coefficient (Wildman–Crippen LogP) is 2.27. The minimum absolute atomic E-state index is 0.165. The molecule has 0 bridgehead atoms. The van der Waals surface area contributed by atoms with E-state index in [1.54, 1.807) is 43.4 Å². The van der Waals surface area contributed by atoms with Crippen LogP contribution in [0.25, 0.3) is 0 Å². The summed E-state index contributed by atoms with van der Waals surface area (Å²) < 4.78 is 10.6. The van der Waals surface area contributed by atoms with Crippen molar-refractivity contribution in [2.45, 2.75) is 0 Å². The van der Waals surface area contributed by atoms with Crippen LogP contribution in [0.3, 0.4) is 0 Å². The number of benzene rings is 2. The zero-order valence-electron chi connectivity index (χ0n) is 11.0. The van der Waals surface area contributed by atoms with Crippen molar-refractivity contribution in [1.29, 1.82) is 0 Å². The molecule has 2 N–H and O–H groups in total. The van der Waals surface area contributed by atoms with Crippen LogP contribution in [0.4, 0.5) is 11.4 Å². The first-order chi connectivity index (χ1) is 9.66. The number of para-hydroxylation sites is 1. The standard InChI is InChI=1S/C15H14N2O3/c1-17(15(18)11-4-2-3-5-12(11)16)10-6-7-13-14(8-10)20-9-19-13/h2-8H,9,16H2,1H3. The van der Waals surface area contributed by atoms with Gasteiger partial charge in [-0.3, -0.25) is 4.79 Å². The molecule has 0 saturated heterocycles. The monoisotopic (exact) mass is 270 g/mol. The molecular weight excluding hydrogens is 256 g/mol. The van der Waals surface area contributed by atoms with Gasteiger partial charge in [0.2, 0.25) is 6.79 Å². The zero-order valence-corrected chi connectivity index (χ0v) is 11.0. The van der Waals surface area contributed by atoms with Gasteiger partial charge in [0.15, 0.2) is 11.5 Å². The van der Waals surface area contributed by atoms with E-state index in [4.69, 9.17) is 15.2 Å². The van der Waals surface area contributed by atoms with E-state index in [1.807, 2.05) is 6.07 Å². The largest absolute Gasteiger partial charge is 0.454 e. The molecule has 2 aromatic rings. The van der Waals surface area contributed by atoms with E-state index in [9.17, 15) is 4.79 Å². The summed E-state index contributed by atoms with van der Waals surface area (Å²) in [4.78, 5) is 14.0. The lowest BCUT2D eigenvalue weighted by atomic mass is 10.1. The molecule has 0 radical (unpaired) electrons. The SMILES string of the molecule is CN(C(=O)c1ccccc1N)c1ccc2c(c1)OCO2. The molecule has 0 saturated carbocycles. The number of carbonyl (C=O) groups is 1. The van der Waals surface area contributed by atoms with Crippen LogP contribution in [0.1, 0.15) is 10.4 Å². The number of hydrogen-bond donors (Lipinski definition) is 1. The Morgan fingerprint density at radius 2 is 1.90 bits per heavy atom.